The van der Waals surface area contributed by atoms with Gasteiger partial charge in [0.2, 0.25) is 0 Å². The molecule has 2 rings (SSSR count). The molecule has 0 aliphatic rings. The molecule has 0 radical (unpaired) electrons. The second kappa shape index (κ2) is 14.8. The Labute approximate surface area is 190 Å². The van der Waals surface area contributed by atoms with Crippen molar-refractivity contribution in [2.24, 2.45) is 10.9 Å². The van der Waals surface area contributed by atoms with Crippen molar-refractivity contribution < 1.29 is 0 Å². The predicted octanol–water partition coefficient (Wildman–Crippen LogP) is 4.47. The van der Waals surface area contributed by atoms with Gasteiger partial charge >= 0.3 is 0 Å². The first kappa shape index (κ1) is 24.9. The smallest absolute Gasteiger partial charge is 0.191 e. The number of halogens is 1. The van der Waals surface area contributed by atoms with Gasteiger partial charge in [-0.15, -0.1) is 45.5 Å². The lowest BCUT2D eigenvalue weighted by Gasteiger charge is -2.18. The Hall–Kier alpha value is -1.16. The molecule has 0 bridgehead atoms. The van der Waals surface area contributed by atoms with E-state index in [4.69, 9.17) is 4.99 Å². The Morgan fingerprint density at radius 1 is 1.29 bits per heavy atom. The van der Waals surface area contributed by atoms with Gasteiger partial charge in [0.25, 0.3) is 0 Å². The first-order chi connectivity index (χ1) is 13.3. The molecule has 28 heavy (non-hydrogen) atoms. The van der Waals surface area contributed by atoms with Crippen molar-refractivity contribution in [3.05, 3.63) is 34.5 Å². The van der Waals surface area contributed by atoms with Crippen molar-refractivity contribution in [1.82, 2.24) is 25.4 Å². The SMILES string of the molecule is CCCCC(CC)CNC(=NCc1cccs1)NCCn1cnnc1CC.I. The first-order valence-electron chi connectivity index (χ1n) is 10.2. The molecule has 0 spiro atoms. The third-order valence-electron chi connectivity index (χ3n) is 4.73. The lowest BCUT2D eigenvalue weighted by molar-refractivity contribution is 0.443. The van der Waals surface area contributed by atoms with Crippen LogP contribution in [0.15, 0.2) is 28.8 Å². The molecule has 2 N–H and O–H groups in total. The van der Waals surface area contributed by atoms with E-state index in [-0.39, 0.29) is 24.0 Å². The fourth-order valence-corrected chi connectivity index (χ4v) is 3.58. The van der Waals surface area contributed by atoms with Crippen LogP contribution in [0.3, 0.4) is 0 Å². The Morgan fingerprint density at radius 2 is 2.14 bits per heavy atom. The average Bonchev–Trinajstić information content (AvgIpc) is 3.37. The molecule has 0 saturated carbocycles. The van der Waals surface area contributed by atoms with E-state index in [9.17, 15) is 0 Å². The maximum Gasteiger partial charge on any atom is 0.191 e. The van der Waals surface area contributed by atoms with Gasteiger partial charge in [-0.2, -0.15) is 0 Å². The number of guanidine groups is 1. The Morgan fingerprint density at radius 3 is 2.82 bits per heavy atom. The van der Waals surface area contributed by atoms with Gasteiger partial charge in [-0.05, 0) is 23.8 Å². The van der Waals surface area contributed by atoms with E-state index in [1.807, 2.05) is 0 Å². The second-order valence-corrected chi connectivity index (χ2v) is 7.79. The van der Waals surface area contributed by atoms with E-state index >= 15 is 0 Å². The molecule has 1 unspecified atom stereocenters. The third kappa shape index (κ3) is 8.89. The molecule has 8 heteroatoms. The van der Waals surface area contributed by atoms with Crippen LogP contribution in [0.25, 0.3) is 0 Å². The highest BCUT2D eigenvalue weighted by atomic mass is 127. The molecule has 0 saturated heterocycles. The summed E-state index contributed by atoms with van der Waals surface area (Å²) in [5.41, 5.74) is 0. The Bertz CT molecular complexity index is 655. The number of hydrogen-bond donors (Lipinski definition) is 2. The van der Waals surface area contributed by atoms with E-state index in [1.165, 1.54) is 30.6 Å². The molecule has 2 aromatic rings. The minimum atomic E-state index is 0. The zero-order valence-corrected chi connectivity index (χ0v) is 20.5. The lowest BCUT2D eigenvalue weighted by Crippen LogP contribution is -2.41. The van der Waals surface area contributed by atoms with Gasteiger partial charge < -0.3 is 15.2 Å². The number of hydrogen-bond acceptors (Lipinski definition) is 4. The van der Waals surface area contributed by atoms with Crippen LogP contribution in [0.1, 0.15) is 57.2 Å². The molecule has 0 fully saturated rings. The zero-order valence-electron chi connectivity index (χ0n) is 17.4. The minimum absolute atomic E-state index is 0. The highest BCUT2D eigenvalue weighted by Crippen LogP contribution is 2.12. The molecular formula is C20H35IN6S. The van der Waals surface area contributed by atoms with Gasteiger partial charge in [0, 0.05) is 30.9 Å². The summed E-state index contributed by atoms with van der Waals surface area (Å²) in [6.45, 7) is 9.95. The molecule has 6 nitrogen and oxygen atoms in total. The van der Waals surface area contributed by atoms with Crippen LogP contribution in [-0.2, 0) is 19.5 Å². The van der Waals surface area contributed by atoms with Gasteiger partial charge in [0.1, 0.15) is 12.2 Å². The summed E-state index contributed by atoms with van der Waals surface area (Å²) in [5.74, 6) is 2.61. The van der Waals surface area contributed by atoms with Crippen molar-refractivity contribution in [1.29, 1.82) is 0 Å². The second-order valence-electron chi connectivity index (χ2n) is 6.76. The molecule has 0 aromatic carbocycles. The van der Waals surface area contributed by atoms with E-state index < -0.39 is 0 Å². The van der Waals surface area contributed by atoms with Gasteiger partial charge in [0.15, 0.2) is 5.96 Å². The van der Waals surface area contributed by atoms with E-state index in [0.717, 1.165) is 37.8 Å². The maximum absolute atomic E-state index is 4.78. The molecule has 2 aromatic heterocycles. The van der Waals surface area contributed by atoms with Crippen molar-refractivity contribution in [2.45, 2.75) is 66.0 Å². The van der Waals surface area contributed by atoms with Crippen LogP contribution in [-0.4, -0.2) is 33.8 Å². The molecule has 2 heterocycles. The lowest BCUT2D eigenvalue weighted by atomic mass is 9.99. The quantitative estimate of drug-likeness (QED) is 0.247. The normalized spacial score (nSPS) is 12.5. The highest BCUT2D eigenvalue weighted by Gasteiger charge is 2.08. The number of rotatable bonds is 12. The molecular weight excluding hydrogens is 483 g/mol. The third-order valence-corrected chi connectivity index (χ3v) is 5.59. The number of aromatic nitrogens is 3. The summed E-state index contributed by atoms with van der Waals surface area (Å²) in [5, 5.41) is 17.3. The van der Waals surface area contributed by atoms with E-state index in [0.29, 0.717) is 12.5 Å². The van der Waals surface area contributed by atoms with Crippen molar-refractivity contribution >= 4 is 41.3 Å². The monoisotopic (exact) mass is 518 g/mol. The van der Waals surface area contributed by atoms with Crippen molar-refractivity contribution in [2.75, 3.05) is 13.1 Å². The number of aliphatic imine (C=N–C) groups is 1. The van der Waals surface area contributed by atoms with E-state index in [2.05, 4.69) is 63.7 Å². The molecule has 0 amide bonds. The maximum atomic E-state index is 4.78. The molecule has 0 aliphatic heterocycles. The minimum Gasteiger partial charge on any atom is -0.356 e. The predicted molar refractivity (Wildman–Crippen MR) is 130 cm³/mol. The van der Waals surface area contributed by atoms with Crippen molar-refractivity contribution in [3.63, 3.8) is 0 Å². The fourth-order valence-electron chi connectivity index (χ4n) is 2.95. The topological polar surface area (TPSA) is 67.1 Å². The molecule has 158 valence electrons. The van der Waals surface area contributed by atoms with Crippen LogP contribution in [0.5, 0.6) is 0 Å². The van der Waals surface area contributed by atoms with Crippen LogP contribution >= 0.6 is 35.3 Å². The van der Waals surface area contributed by atoms with Crippen LogP contribution < -0.4 is 10.6 Å². The largest absolute Gasteiger partial charge is 0.356 e. The van der Waals surface area contributed by atoms with Gasteiger partial charge in [-0.1, -0.05) is 46.1 Å². The van der Waals surface area contributed by atoms with Gasteiger partial charge in [0.05, 0.1) is 6.54 Å². The molecule has 1 atom stereocenters. The standard InChI is InChI=1S/C20H34N6S.HI/c1-4-7-9-17(5-2)14-22-20(23-15-18-10-8-13-27-18)21-11-12-26-16-24-25-19(26)6-3;/h8,10,13,16-17H,4-7,9,11-12,14-15H2,1-3H3,(H2,21,22,23);1H. The van der Waals surface area contributed by atoms with Crippen LogP contribution in [0.4, 0.5) is 0 Å². The van der Waals surface area contributed by atoms with Crippen LogP contribution in [0, 0.1) is 5.92 Å². The zero-order chi connectivity index (χ0) is 19.3. The summed E-state index contributed by atoms with van der Waals surface area (Å²) in [6, 6.07) is 4.21. The molecule has 0 aliphatic carbocycles. The number of aryl methyl sites for hydroxylation is 1. The number of nitrogens with zero attached hydrogens (tertiary/aromatic N) is 4. The number of thiophene rings is 1. The van der Waals surface area contributed by atoms with Gasteiger partial charge in [-0.3, -0.25) is 0 Å². The van der Waals surface area contributed by atoms with Crippen molar-refractivity contribution in [3.8, 4) is 0 Å². The summed E-state index contributed by atoms with van der Waals surface area (Å²) < 4.78 is 2.10. The summed E-state index contributed by atoms with van der Waals surface area (Å²) >= 11 is 1.75. The van der Waals surface area contributed by atoms with E-state index in [1.54, 1.807) is 17.7 Å². The summed E-state index contributed by atoms with van der Waals surface area (Å²) in [7, 11) is 0. The summed E-state index contributed by atoms with van der Waals surface area (Å²) in [4.78, 5) is 6.06. The number of nitrogens with one attached hydrogen (secondary N) is 2. The first-order valence-corrected chi connectivity index (χ1v) is 11.1. The highest BCUT2D eigenvalue weighted by molar-refractivity contribution is 14.0. The Kier molecular flexibility index (Phi) is 13.1. The van der Waals surface area contributed by atoms with Crippen LogP contribution in [0.2, 0.25) is 0 Å². The average molecular weight is 519 g/mol. The Balaban J connectivity index is 0.00000392. The summed E-state index contributed by atoms with van der Waals surface area (Å²) in [6.07, 6.45) is 7.72. The number of unbranched alkanes of at least 4 members (excludes halogenated alkanes) is 1. The van der Waals surface area contributed by atoms with Gasteiger partial charge in [-0.25, -0.2) is 4.99 Å². The fraction of sp³-hybridized carbons (Fsp3) is 0.650.